The Hall–Kier alpha value is -0.0600. The fourth-order valence-corrected chi connectivity index (χ4v) is 0.799. The third kappa shape index (κ3) is 2.28. The van der Waals surface area contributed by atoms with Gasteiger partial charge in [-0.1, -0.05) is 0 Å². The molecule has 1 heterocycles. The molecule has 1 aliphatic rings. The third-order valence-electron chi connectivity index (χ3n) is 1.29. The smallest absolute Gasteiger partial charge is 0.326 e. The summed E-state index contributed by atoms with van der Waals surface area (Å²) < 4.78 is 0. The monoisotopic (exact) mass is 152 g/mol. The maximum absolute atomic E-state index is 10.4. The van der Waals surface area contributed by atoms with Gasteiger partial charge in [-0.05, 0) is 6.42 Å². The standard InChI is InChI=1S/C5H7NO3.Na/c7-4-2-1-3(6-4)5(8)9;/h3H,1-2H2,(H,6,7)(H,8,9);. The van der Waals surface area contributed by atoms with Gasteiger partial charge >= 0.3 is 5.97 Å². The average Bonchev–Trinajstić information content (AvgIpc) is 2.14. The summed E-state index contributed by atoms with van der Waals surface area (Å²) in [6.45, 7) is 0. The third-order valence-corrected chi connectivity index (χ3v) is 1.29. The number of rotatable bonds is 1. The second-order valence-electron chi connectivity index (χ2n) is 2.00. The first-order valence-electron chi connectivity index (χ1n) is 2.72. The Morgan fingerprint density at radius 2 is 2.30 bits per heavy atom. The summed E-state index contributed by atoms with van der Waals surface area (Å²) in [4.78, 5) is 20.5. The van der Waals surface area contributed by atoms with Crippen LogP contribution in [0.4, 0.5) is 0 Å². The molecule has 1 fully saturated rings. The van der Waals surface area contributed by atoms with E-state index >= 15 is 0 Å². The molecule has 1 aliphatic heterocycles. The zero-order chi connectivity index (χ0) is 6.85. The van der Waals surface area contributed by atoms with E-state index in [9.17, 15) is 9.59 Å². The molecule has 1 saturated heterocycles. The first-order chi connectivity index (χ1) is 4.20. The van der Waals surface area contributed by atoms with Crippen LogP contribution in [-0.4, -0.2) is 52.6 Å². The van der Waals surface area contributed by atoms with E-state index in [-0.39, 0.29) is 35.5 Å². The summed E-state index contributed by atoms with van der Waals surface area (Å²) in [5, 5.41) is 10.6. The van der Waals surface area contributed by atoms with Crippen molar-refractivity contribution in [3.63, 3.8) is 0 Å². The molecule has 0 saturated carbocycles. The maximum atomic E-state index is 10.4. The van der Waals surface area contributed by atoms with Crippen molar-refractivity contribution in [2.24, 2.45) is 0 Å². The zero-order valence-corrected chi connectivity index (χ0v) is 7.76. The second-order valence-corrected chi connectivity index (χ2v) is 2.00. The van der Waals surface area contributed by atoms with Crippen LogP contribution >= 0.6 is 0 Å². The van der Waals surface area contributed by atoms with Crippen LogP contribution in [0.15, 0.2) is 0 Å². The Kier molecular flexibility index (Phi) is 3.93. The molecule has 1 atom stereocenters. The predicted molar refractivity (Wildman–Crippen MR) is 34.6 cm³/mol. The van der Waals surface area contributed by atoms with Crippen LogP contribution in [0.1, 0.15) is 12.8 Å². The van der Waals surface area contributed by atoms with Gasteiger partial charge < -0.3 is 10.4 Å². The van der Waals surface area contributed by atoms with Gasteiger partial charge in [-0.2, -0.15) is 0 Å². The van der Waals surface area contributed by atoms with Gasteiger partial charge in [0.1, 0.15) is 6.04 Å². The molecule has 1 radical (unpaired) electrons. The average molecular weight is 152 g/mol. The van der Waals surface area contributed by atoms with Gasteiger partial charge in [0.05, 0.1) is 0 Å². The van der Waals surface area contributed by atoms with Crippen LogP contribution in [0.25, 0.3) is 0 Å². The Balaban J connectivity index is 0.000000810. The molecule has 10 heavy (non-hydrogen) atoms. The van der Waals surface area contributed by atoms with Gasteiger partial charge in [-0.15, -0.1) is 0 Å². The van der Waals surface area contributed by atoms with Gasteiger partial charge in [-0.3, -0.25) is 4.79 Å². The van der Waals surface area contributed by atoms with Crippen LogP contribution in [0.2, 0.25) is 0 Å². The minimum Gasteiger partial charge on any atom is -0.480 e. The number of hydrogen-bond donors (Lipinski definition) is 2. The molecule has 1 unspecified atom stereocenters. The van der Waals surface area contributed by atoms with Crippen molar-refractivity contribution in [3.8, 4) is 0 Å². The molecule has 51 valence electrons. The summed E-state index contributed by atoms with van der Waals surface area (Å²) in [6, 6.07) is -0.641. The van der Waals surface area contributed by atoms with Crippen molar-refractivity contribution in [1.29, 1.82) is 0 Å². The van der Waals surface area contributed by atoms with Crippen LogP contribution in [-0.2, 0) is 9.59 Å². The van der Waals surface area contributed by atoms with E-state index in [0.29, 0.717) is 12.8 Å². The quantitative estimate of drug-likeness (QED) is 0.472. The fourth-order valence-electron chi connectivity index (χ4n) is 0.799. The molecule has 0 aromatic carbocycles. The minimum absolute atomic E-state index is 0. The molecule has 0 aliphatic carbocycles. The SMILES string of the molecule is O=C1CCC(C(=O)O)N1.[Na]. The molecule has 0 bridgehead atoms. The molecule has 5 heteroatoms. The normalized spacial score (nSPS) is 23.2. The topological polar surface area (TPSA) is 66.4 Å². The fraction of sp³-hybridized carbons (Fsp3) is 0.600. The molecule has 1 amide bonds. The Morgan fingerprint density at radius 3 is 2.50 bits per heavy atom. The van der Waals surface area contributed by atoms with Crippen molar-refractivity contribution in [1.82, 2.24) is 5.32 Å². The van der Waals surface area contributed by atoms with Gasteiger partial charge in [0, 0.05) is 36.0 Å². The number of carboxylic acid groups (broad SMARTS) is 1. The Morgan fingerprint density at radius 1 is 1.70 bits per heavy atom. The largest absolute Gasteiger partial charge is 0.480 e. The van der Waals surface area contributed by atoms with Gasteiger partial charge in [-0.25, -0.2) is 4.79 Å². The Labute approximate surface area is 80.3 Å². The zero-order valence-electron chi connectivity index (χ0n) is 5.76. The summed E-state index contributed by atoms with van der Waals surface area (Å²) in [6.07, 6.45) is 0.769. The van der Waals surface area contributed by atoms with Crippen LogP contribution in [0, 0.1) is 0 Å². The summed E-state index contributed by atoms with van der Waals surface area (Å²) in [7, 11) is 0. The molecule has 0 aromatic rings. The number of nitrogens with one attached hydrogen (secondary N) is 1. The number of hydrogen-bond acceptors (Lipinski definition) is 2. The molecular weight excluding hydrogens is 145 g/mol. The van der Waals surface area contributed by atoms with E-state index in [1.807, 2.05) is 0 Å². The molecule has 1 rings (SSSR count). The molecule has 2 N–H and O–H groups in total. The van der Waals surface area contributed by atoms with Crippen LogP contribution in [0.5, 0.6) is 0 Å². The number of carbonyl (C=O) groups excluding carboxylic acids is 1. The van der Waals surface area contributed by atoms with E-state index < -0.39 is 12.0 Å². The van der Waals surface area contributed by atoms with E-state index in [1.165, 1.54) is 0 Å². The molecular formula is C5H7NNaO3. The van der Waals surface area contributed by atoms with Gasteiger partial charge in [0.2, 0.25) is 5.91 Å². The van der Waals surface area contributed by atoms with Crippen molar-refractivity contribution < 1.29 is 14.7 Å². The van der Waals surface area contributed by atoms with Crippen molar-refractivity contribution in [3.05, 3.63) is 0 Å². The van der Waals surface area contributed by atoms with Crippen molar-refractivity contribution in [2.75, 3.05) is 0 Å². The first kappa shape index (κ1) is 9.94. The number of aliphatic carboxylic acids is 1. The number of amides is 1. The maximum Gasteiger partial charge on any atom is 0.326 e. The van der Waals surface area contributed by atoms with Gasteiger partial charge in [0.25, 0.3) is 0 Å². The second kappa shape index (κ2) is 3.95. The summed E-state index contributed by atoms with van der Waals surface area (Å²) in [5.74, 6) is -1.11. The van der Waals surface area contributed by atoms with Crippen molar-refractivity contribution in [2.45, 2.75) is 18.9 Å². The van der Waals surface area contributed by atoms with Gasteiger partial charge in [0.15, 0.2) is 0 Å². The van der Waals surface area contributed by atoms with E-state index in [4.69, 9.17) is 5.11 Å². The van der Waals surface area contributed by atoms with E-state index in [0.717, 1.165) is 0 Å². The summed E-state index contributed by atoms with van der Waals surface area (Å²) >= 11 is 0. The number of carboxylic acids is 1. The molecule has 0 aromatic heterocycles. The summed E-state index contributed by atoms with van der Waals surface area (Å²) in [5.41, 5.74) is 0. The molecule has 4 nitrogen and oxygen atoms in total. The van der Waals surface area contributed by atoms with Crippen molar-refractivity contribution >= 4 is 41.4 Å². The van der Waals surface area contributed by atoms with E-state index in [2.05, 4.69) is 5.32 Å². The molecule has 0 spiro atoms. The number of carbonyl (C=O) groups is 2. The Bertz CT molecular complexity index is 159. The van der Waals surface area contributed by atoms with Crippen LogP contribution < -0.4 is 5.32 Å². The minimum atomic E-state index is -0.944. The van der Waals surface area contributed by atoms with Crippen LogP contribution in [0.3, 0.4) is 0 Å². The first-order valence-corrected chi connectivity index (χ1v) is 2.72. The predicted octanol–water partition coefficient (Wildman–Crippen LogP) is -1.03. The van der Waals surface area contributed by atoms with E-state index in [1.54, 1.807) is 0 Å².